The first-order valence-electron chi connectivity index (χ1n) is 10.7. The lowest BCUT2D eigenvalue weighted by Gasteiger charge is -2.34. The van der Waals surface area contributed by atoms with Crippen LogP contribution in [0.2, 0.25) is 0 Å². The zero-order valence-corrected chi connectivity index (χ0v) is 19.9. The first kappa shape index (κ1) is 24.0. The summed E-state index contributed by atoms with van der Waals surface area (Å²) >= 11 is 0. The largest absolute Gasteiger partial charge is 0.497 e. The van der Waals surface area contributed by atoms with Gasteiger partial charge < -0.3 is 19.9 Å². The van der Waals surface area contributed by atoms with Crippen LogP contribution in [-0.2, 0) is 14.8 Å². The molecule has 2 aromatic rings. The van der Waals surface area contributed by atoms with E-state index in [4.69, 9.17) is 4.74 Å². The fourth-order valence-electron chi connectivity index (χ4n) is 3.57. The van der Waals surface area contributed by atoms with E-state index in [0.29, 0.717) is 5.75 Å². The van der Waals surface area contributed by atoms with E-state index in [0.717, 1.165) is 31.7 Å². The Labute approximate surface area is 190 Å². The van der Waals surface area contributed by atoms with E-state index < -0.39 is 22.0 Å². The average molecular weight is 461 g/mol. The van der Waals surface area contributed by atoms with Crippen molar-refractivity contribution >= 4 is 21.6 Å². The molecule has 1 amide bonds. The smallest absolute Gasteiger partial charge is 0.241 e. The predicted octanol–water partition coefficient (Wildman–Crippen LogP) is 1.99. The Morgan fingerprint density at radius 1 is 0.969 bits per heavy atom. The molecule has 9 heteroatoms. The molecule has 1 heterocycles. The number of hydrogen-bond acceptors (Lipinski definition) is 6. The van der Waals surface area contributed by atoms with Gasteiger partial charge in [-0.25, -0.2) is 8.42 Å². The van der Waals surface area contributed by atoms with Gasteiger partial charge in [0.05, 0.1) is 24.1 Å². The molecule has 2 N–H and O–H groups in total. The van der Waals surface area contributed by atoms with Crippen molar-refractivity contribution in [3.05, 3.63) is 54.1 Å². The van der Waals surface area contributed by atoms with Crippen molar-refractivity contribution in [2.45, 2.75) is 30.8 Å². The van der Waals surface area contributed by atoms with Crippen LogP contribution in [0.3, 0.4) is 0 Å². The lowest BCUT2D eigenvalue weighted by atomic mass is 10.1. The fourth-order valence-corrected chi connectivity index (χ4v) is 4.77. The number of piperazine rings is 1. The first-order chi connectivity index (χ1) is 15.2. The van der Waals surface area contributed by atoms with E-state index >= 15 is 0 Å². The van der Waals surface area contributed by atoms with Crippen molar-refractivity contribution in [3.8, 4) is 5.75 Å². The van der Waals surface area contributed by atoms with Gasteiger partial charge in [-0.05, 0) is 62.9 Å². The van der Waals surface area contributed by atoms with Crippen molar-refractivity contribution in [1.82, 2.24) is 14.9 Å². The molecule has 0 aromatic heterocycles. The Bertz CT molecular complexity index is 1000. The molecular weight excluding hydrogens is 428 g/mol. The molecule has 3 rings (SSSR count). The van der Waals surface area contributed by atoms with Gasteiger partial charge in [0.1, 0.15) is 5.75 Å². The number of nitrogens with zero attached hydrogens (tertiary/aromatic N) is 2. The molecule has 2 atom stereocenters. The number of carbonyl (C=O) groups is 1. The third-order valence-electron chi connectivity index (χ3n) is 5.72. The Balaban J connectivity index is 1.57. The van der Waals surface area contributed by atoms with Crippen molar-refractivity contribution in [2.75, 3.05) is 45.2 Å². The van der Waals surface area contributed by atoms with Crippen LogP contribution >= 0.6 is 0 Å². The summed E-state index contributed by atoms with van der Waals surface area (Å²) in [6.45, 7) is 7.48. The van der Waals surface area contributed by atoms with Gasteiger partial charge in [0, 0.05) is 31.9 Å². The molecule has 0 radical (unpaired) electrons. The number of amides is 1. The van der Waals surface area contributed by atoms with Crippen LogP contribution < -0.4 is 19.7 Å². The summed E-state index contributed by atoms with van der Waals surface area (Å²) in [4.78, 5) is 17.3. The highest BCUT2D eigenvalue weighted by Gasteiger charge is 2.23. The molecule has 0 bridgehead atoms. The average Bonchev–Trinajstić information content (AvgIpc) is 2.79. The zero-order chi connectivity index (χ0) is 23.3. The van der Waals surface area contributed by atoms with Gasteiger partial charge in [0.25, 0.3) is 0 Å². The minimum atomic E-state index is -3.83. The Hall–Kier alpha value is -2.62. The van der Waals surface area contributed by atoms with E-state index in [1.807, 2.05) is 19.1 Å². The van der Waals surface area contributed by atoms with Crippen LogP contribution in [0.1, 0.15) is 25.5 Å². The zero-order valence-electron chi connectivity index (χ0n) is 19.0. The molecule has 1 aliphatic heterocycles. The number of methoxy groups -OCH3 is 1. The lowest BCUT2D eigenvalue weighted by Crippen LogP contribution is -2.45. The molecule has 1 saturated heterocycles. The quantitative estimate of drug-likeness (QED) is 0.626. The van der Waals surface area contributed by atoms with Crippen molar-refractivity contribution < 1.29 is 17.9 Å². The maximum absolute atomic E-state index is 12.6. The number of likely N-dealkylation sites (N-methyl/N-ethyl adjacent to an activating group) is 1. The topological polar surface area (TPSA) is 91.0 Å². The fraction of sp³-hybridized carbons (Fsp3) is 0.435. The standard InChI is InChI=1S/C23H32N4O4S/c1-17(19-5-7-20(8-6-19)27-15-13-26(3)14-16-27)24-23(28)18(2)25-32(29,30)22-11-9-21(31-4)10-12-22/h5-12,17-18,25H,13-16H2,1-4H3,(H,24,28)/t17-,18-/m0/s1. The number of ether oxygens (including phenoxy) is 1. The molecule has 0 saturated carbocycles. The van der Waals surface area contributed by atoms with E-state index in [2.05, 4.69) is 39.0 Å². The van der Waals surface area contributed by atoms with E-state index in [-0.39, 0.29) is 10.9 Å². The molecule has 2 aromatic carbocycles. The molecule has 0 unspecified atom stereocenters. The maximum atomic E-state index is 12.6. The van der Waals surface area contributed by atoms with Crippen LogP contribution in [0, 0.1) is 0 Å². The Morgan fingerprint density at radius 2 is 1.56 bits per heavy atom. The highest BCUT2D eigenvalue weighted by Crippen LogP contribution is 2.21. The molecule has 32 heavy (non-hydrogen) atoms. The number of carbonyl (C=O) groups excluding carboxylic acids is 1. The monoisotopic (exact) mass is 460 g/mol. The third kappa shape index (κ3) is 5.99. The summed E-state index contributed by atoms with van der Waals surface area (Å²) in [6, 6.07) is 13.0. The minimum Gasteiger partial charge on any atom is -0.497 e. The number of hydrogen-bond donors (Lipinski definition) is 2. The van der Waals surface area contributed by atoms with Crippen LogP contribution in [0.25, 0.3) is 0 Å². The summed E-state index contributed by atoms with van der Waals surface area (Å²) in [5.41, 5.74) is 2.13. The van der Waals surface area contributed by atoms with Crippen LogP contribution in [0.15, 0.2) is 53.4 Å². The molecule has 0 aliphatic carbocycles. The van der Waals surface area contributed by atoms with Crippen LogP contribution in [0.4, 0.5) is 5.69 Å². The van der Waals surface area contributed by atoms with Gasteiger partial charge in [-0.1, -0.05) is 12.1 Å². The first-order valence-corrected chi connectivity index (χ1v) is 12.2. The molecule has 1 aliphatic rings. The summed E-state index contributed by atoms with van der Waals surface area (Å²) in [5, 5.41) is 2.89. The second-order valence-corrected chi connectivity index (χ2v) is 9.84. The number of nitrogens with one attached hydrogen (secondary N) is 2. The van der Waals surface area contributed by atoms with Crippen LogP contribution in [0.5, 0.6) is 5.75 Å². The van der Waals surface area contributed by atoms with Gasteiger partial charge >= 0.3 is 0 Å². The normalized spacial score (nSPS) is 16.9. The number of anilines is 1. The van der Waals surface area contributed by atoms with Gasteiger partial charge in [-0.3, -0.25) is 4.79 Å². The van der Waals surface area contributed by atoms with Crippen LogP contribution in [-0.4, -0.2) is 65.6 Å². The Morgan fingerprint density at radius 3 is 2.12 bits per heavy atom. The maximum Gasteiger partial charge on any atom is 0.241 e. The highest BCUT2D eigenvalue weighted by atomic mass is 32.2. The molecule has 8 nitrogen and oxygen atoms in total. The number of sulfonamides is 1. The van der Waals surface area contributed by atoms with Crippen molar-refractivity contribution in [3.63, 3.8) is 0 Å². The summed E-state index contributed by atoms with van der Waals surface area (Å²) in [5.74, 6) is 0.167. The van der Waals surface area contributed by atoms with Gasteiger partial charge in [-0.2, -0.15) is 4.72 Å². The summed E-state index contributed by atoms with van der Waals surface area (Å²) in [6.07, 6.45) is 0. The van der Waals surface area contributed by atoms with Gasteiger partial charge in [0.2, 0.25) is 15.9 Å². The molecular formula is C23H32N4O4S. The minimum absolute atomic E-state index is 0.0745. The SMILES string of the molecule is COc1ccc(S(=O)(=O)N[C@@H](C)C(=O)N[C@@H](C)c2ccc(N3CCN(C)CC3)cc2)cc1. The van der Waals surface area contributed by atoms with Crippen molar-refractivity contribution in [2.24, 2.45) is 0 Å². The van der Waals surface area contributed by atoms with E-state index in [1.54, 1.807) is 12.1 Å². The highest BCUT2D eigenvalue weighted by molar-refractivity contribution is 7.89. The molecule has 174 valence electrons. The summed E-state index contributed by atoms with van der Waals surface area (Å²) in [7, 11) is -0.190. The molecule has 0 spiro atoms. The second-order valence-electron chi connectivity index (χ2n) is 8.13. The van der Waals surface area contributed by atoms with E-state index in [1.165, 1.54) is 31.9 Å². The van der Waals surface area contributed by atoms with E-state index in [9.17, 15) is 13.2 Å². The summed E-state index contributed by atoms with van der Waals surface area (Å²) < 4.78 is 32.6. The third-order valence-corrected chi connectivity index (χ3v) is 7.27. The lowest BCUT2D eigenvalue weighted by molar-refractivity contribution is -0.123. The number of rotatable bonds is 8. The van der Waals surface area contributed by atoms with Gasteiger partial charge in [0.15, 0.2) is 0 Å². The second kappa shape index (κ2) is 10.3. The van der Waals surface area contributed by atoms with Gasteiger partial charge in [-0.15, -0.1) is 0 Å². The van der Waals surface area contributed by atoms with Crippen molar-refractivity contribution in [1.29, 1.82) is 0 Å². The Kier molecular flexibility index (Phi) is 7.76. The predicted molar refractivity (Wildman–Crippen MR) is 125 cm³/mol. The molecule has 1 fully saturated rings. The number of benzene rings is 2.